The fourth-order valence-electron chi connectivity index (χ4n) is 3.26. The van der Waals surface area contributed by atoms with Crippen molar-refractivity contribution in [3.63, 3.8) is 0 Å². The standard InChI is InChI=1S/C20H27N3/c1-15(21-2)12-16-8-10-18(11-9-16)20-22-13-19(14-23-20)17-6-4-3-5-7-17/h6,8-11,13,15,19,21H,3-5,7,12,14H2,1-2H3. The number of benzene rings is 1. The van der Waals surface area contributed by atoms with Crippen LogP contribution in [0.5, 0.6) is 0 Å². The average Bonchev–Trinajstić information content (AvgIpc) is 2.63. The summed E-state index contributed by atoms with van der Waals surface area (Å²) in [5.74, 6) is 1.31. The number of likely N-dealkylation sites (N-methyl/N-ethyl adjacent to an activating group) is 1. The SMILES string of the molecule is CNC(C)Cc1ccc(C2=NCC(C3=CCCCC3)C=N2)cc1. The molecule has 122 valence electrons. The van der Waals surface area contributed by atoms with Gasteiger partial charge in [0.15, 0.2) is 5.84 Å². The number of allylic oxidation sites excluding steroid dienone is 1. The third kappa shape index (κ3) is 4.17. The number of nitrogens with zero attached hydrogens (tertiary/aromatic N) is 2. The van der Waals surface area contributed by atoms with Gasteiger partial charge in [-0.15, -0.1) is 0 Å². The van der Waals surface area contributed by atoms with E-state index in [0.717, 1.165) is 24.4 Å². The highest BCUT2D eigenvalue weighted by Crippen LogP contribution is 2.25. The Labute approximate surface area is 139 Å². The first kappa shape index (κ1) is 16.1. The van der Waals surface area contributed by atoms with Crippen LogP contribution in [0.25, 0.3) is 0 Å². The lowest BCUT2D eigenvalue weighted by molar-refractivity contribution is 0.608. The van der Waals surface area contributed by atoms with Gasteiger partial charge in [0.25, 0.3) is 0 Å². The van der Waals surface area contributed by atoms with Crippen LogP contribution >= 0.6 is 0 Å². The molecule has 0 bridgehead atoms. The lowest BCUT2D eigenvalue weighted by atomic mass is 9.89. The first-order valence-electron chi connectivity index (χ1n) is 8.80. The second kappa shape index (κ2) is 7.69. The van der Waals surface area contributed by atoms with Crippen LogP contribution in [-0.2, 0) is 6.42 Å². The van der Waals surface area contributed by atoms with Gasteiger partial charge in [0.05, 0.1) is 6.54 Å². The number of hydrogen-bond acceptors (Lipinski definition) is 3. The Morgan fingerprint density at radius 3 is 2.65 bits per heavy atom. The molecule has 3 nitrogen and oxygen atoms in total. The number of rotatable bonds is 5. The Kier molecular flexibility index (Phi) is 5.39. The van der Waals surface area contributed by atoms with Gasteiger partial charge < -0.3 is 5.32 Å². The Hall–Kier alpha value is -1.74. The summed E-state index contributed by atoms with van der Waals surface area (Å²) < 4.78 is 0. The molecule has 0 aromatic heterocycles. The maximum atomic E-state index is 4.73. The van der Waals surface area contributed by atoms with Gasteiger partial charge in [0, 0.05) is 23.7 Å². The predicted octanol–water partition coefficient (Wildman–Crippen LogP) is 3.78. The van der Waals surface area contributed by atoms with Crippen molar-refractivity contribution in [3.05, 3.63) is 47.0 Å². The monoisotopic (exact) mass is 309 g/mol. The molecule has 0 radical (unpaired) electrons. The summed E-state index contributed by atoms with van der Waals surface area (Å²) in [6.07, 6.45) is 10.7. The summed E-state index contributed by atoms with van der Waals surface area (Å²) in [6, 6.07) is 9.17. The number of nitrogens with one attached hydrogen (secondary N) is 1. The fraction of sp³-hybridized carbons (Fsp3) is 0.500. The van der Waals surface area contributed by atoms with E-state index >= 15 is 0 Å². The van der Waals surface area contributed by atoms with Crippen molar-refractivity contribution >= 4 is 12.1 Å². The van der Waals surface area contributed by atoms with E-state index in [4.69, 9.17) is 4.99 Å². The van der Waals surface area contributed by atoms with Gasteiger partial charge in [-0.3, -0.25) is 4.99 Å². The van der Waals surface area contributed by atoms with Gasteiger partial charge in [0.1, 0.15) is 0 Å². The van der Waals surface area contributed by atoms with Gasteiger partial charge >= 0.3 is 0 Å². The maximum Gasteiger partial charge on any atom is 0.154 e. The highest BCUT2D eigenvalue weighted by Gasteiger charge is 2.18. The zero-order valence-electron chi connectivity index (χ0n) is 14.3. The van der Waals surface area contributed by atoms with Crippen LogP contribution in [0.3, 0.4) is 0 Å². The van der Waals surface area contributed by atoms with Crippen LogP contribution in [0.2, 0.25) is 0 Å². The van der Waals surface area contributed by atoms with E-state index in [1.807, 2.05) is 7.05 Å². The second-order valence-electron chi connectivity index (χ2n) is 6.66. The molecule has 0 spiro atoms. The first-order valence-corrected chi connectivity index (χ1v) is 8.80. The smallest absolute Gasteiger partial charge is 0.154 e. The van der Waals surface area contributed by atoms with Crippen molar-refractivity contribution < 1.29 is 0 Å². The third-order valence-electron chi connectivity index (χ3n) is 4.86. The molecule has 1 aromatic rings. The molecule has 3 rings (SSSR count). The summed E-state index contributed by atoms with van der Waals surface area (Å²) >= 11 is 0. The molecule has 23 heavy (non-hydrogen) atoms. The van der Waals surface area contributed by atoms with E-state index in [-0.39, 0.29) is 0 Å². The minimum Gasteiger partial charge on any atom is -0.317 e. The molecule has 2 unspecified atom stereocenters. The minimum absolute atomic E-state index is 0.426. The van der Waals surface area contributed by atoms with Crippen LogP contribution in [0.1, 0.15) is 43.7 Å². The highest BCUT2D eigenvalue weighted by atomic mass is 14.9. The van der Waals surface area contributed by atoms with E-state index < -0.39 is 0 Å². The third-order valence-corrected chi connectivity index (χ3v) is 4.86. The van der Waals surface area contributed by atoms with Crippen molar-refractivity contribution in [2.45, 2.75) is 45.1 Å². The Balaban J connectivity index is 1.63. The normalized spacial score (nSPS) is 22.4. The van der Waals surface area contributed by atoms with E-state index in [0.29, 0.717) is 12.0 Å². The van der Waals surface area contributed by atoms with Crippen molar-refractivity contribution in [2.24, 2.45) is 15.9 Å². The number of amidine groups is 1. The van der Waals surface area contributed by atoms with Crippen LogP contribution in [-0.4, -0.2) is 31.7 Å². The molecule has 2 aliphatic rings. The van der Waals surface area contributed by atoms with Crippen LogP contribution in [0.4, 0.5) is 0 Å². The molecule has 1 aliphatic heterocycles. The lowest BCUT2D eigenvalue weighted by Gasteiger charge is -2.21. The Bertz CT molecular complexity index is 610. The summed E-state index contributed by atoms with van der Waals surface area (Å²) in [5, 5.41) is 3.27. The van der Waals surface area contributed by atoms with Gasteiger partial charge in [-0.2, -0.15) is 0 Å². The Morgan fingerprint density at radius 1 is 1.22 bits per heavy atom. The summed E-state index contributed by atoms with van der Waals surface area (Å²) in [7, 11) is 2.00. The molecule has 0 amide bonds. The molecule has 3 heteroatoms. The fourth-order valence-corrected chi connectivity index (χ4v) is 3.26. The Morgan fingerprint density at radius 2 is 2.04 bits per heavy atom. The van der Waals surface area contributed by atoms with Crippen molar-refractivity contribution in [1.29, 1.82) is 0 Å². The number of aliphatic imine (C=N–C) groups is 2. The molecular formula is C20H27N3. The predicted molar refractivity (Wildman–Crippen MR) is 98.6 cm³/mol. The number of hydrogen-bond donors (Lipinski definition) is 1. The van der Waals surface area contributed by atoms with Crippen LogP contribution in [0, 0.1) is 5.92 Å². The van der Waals surface area contributed by atoms with Crippen LogP contribution < -0.4 is 5.32 Å². The first-order chi connectivity index (χ1) is 11.3. The molecule has 0 fully saturated rings. The molecule has 2 atom stereocenters. The van der Waals surface area contributed by atoms with Crippen molar-refractivity contribution in [3.8, 4) is 0 Å². The maximum absolute atomic E-state index is 4.73. The summed E-state index contributed by atoms with van der Waals surface area (Å²) in [6.45, 7) is 3.05. The lowest BCUT2D eigenvalue weighted by Crippen LogP contribution is -2.23. The summed E-state index contributed by atoms with van der Waals surface area (Å²) in [5.41, 5.74) is 4.01. The molecule has 1 aliphatic carbocycles. The van der Waals surface area contributed by atoms with E-state index in [1.165, 1.54) is 31.2 Å². The highest BCUT2D eigenvalue weighted by molar-refractivity contribution is 6.04. The van der Waals surface area contributed by atoms with Gasteiger partial charge in [0.2, 0.25) is 0 Å². The largest absolute Gasteiger partial charge is 0.317 e. The van der Waals surface area contributed by atoms with E-state index in [1.54, 1.807) is 5.57 Å². The molecule has 0 saturated carbocycles. The minimum atomic E-state index is 0.426. The van der Waals surface area contributed by atoms with Crippen LogP contribution in [0.15, 0.2) is 45.9 Å². The topological polar surface area (TPSA) is 36.8 Å². The zero-order valence-corrected chi connectivity index (χ0v) is 14.3. The average molecular weight is 309 g/mol. The van der Waals surface area contributed by atoms with Gasteiger partial charge in [-0.25, -0.2) is 4.99 Å². The second-order valence-corrected chi connectivity index (χ2v) is 6.66. The van der Waals surface area contributed by atoms with Gasteiger partial charge in [-0.05, 0) is 51.6 Å². The van der Waals surface area contributed by atoms with Crippen molar-refractivity contribution in [1.82, 2.24) is 5.32 Å². The molecule has 1 N–H and O–H groups in total. The molecule has 1 aromatic carbocycles. The van der Waals surface area contributed by atoms with E-state index in [2.05, 4.69) is 53.8 Å². The van der Waals surface area contributed by atoms with Gasteiger partial charge in [-0.1, -0.05) is 35.9 Å². The molecular weight excluding hydrogens is 282 g/mol. The zero-order chi connectivity index (χ0) is 16.1. The molecule has 0 saturated heterocycles. The summed E-state index contributed by atoms with van der Waals surface area (Å²) in [4.78, 5) is 9.36. The molecule has 1 heterocycles. The quantitative estimate of drug-likeness (QED) is 0.826. The van der Waals surface area contributed by atoms with Crippen molar-refractivity contribution in [2.75, 3.05) is 13.6 Å². The van der Waals surface area contributed by atoms with E-state index in [9.17, 15) is 0 Å².